The third-order valence-electron chi connectivity index (χ3n) is 3.58. The fraction of sp³-hybridized carbons (Fsp3) is 0.0588. The van der Waals surface area contributed by atoms with E-state index in [0.717, 1.165) is 21.9 Å². The molecule has 0 aliphatic carbocycles. The molecular weight excluding hydrogens is 278 g/mol. The van der Waals surface area contributed by atoms with E-state index in [-0.39, 0.29) is 0 Å². The van der Waals surface area contributed by atoms with E-state index in [4.69, 9.17) is 4.98 Å². The number of benzene rings is 2. The molecule has 0 fully saturated rings. The topological polar surface area (TPSA) is 30.2 Å². The van der Waals surface area contributed by atoms with E-state index in [0.29, 0.717) is 0 Å². The second-order valence-electron chi connectivity index (χ2n) is 4.86. The number of fused-ring (bicyclic) bond motifs is 2. The fourth-order valence-corrected chi connectivity index (χ4v) is 3.03. The van der Waals surface area contributed by atoms with Crippen molar-refractivity contribution in [3.8, 4) is 11.3 Å². The average molecular weight is 291 g/mol. The van der Waals surface area contributed by atoms with Gasteiger partial charge in [0.2, 0.25) is 0 Å². The smallest absolute Gasteiger partial charge is 0.170 e. The molecule has 4 aromatic rings. The molecule has 4 heteroatoms. The SMILES string of the molecule is CSc1nccn2cc(-c3ccc4ccccc4c3)nc12. The van der Waals surface area contributed by atoms with Crippen molar-refractivity contribution in [2.24, 2.45) is 0 Å². The molecule has 2 aromatic carbocycles. The summed E-state index contributed by atoms with van der Waals surface area (Å²) in [7, 11) is 0. The zero-order valence-corrected chi connectivity index (χ0v) is 12.3. The summed E-state index contributed by atoms with van der Waals surface area (Å²) in [6.07, 6.45) is 7.82. The highest BCUT2D eigenvalue weighted by Crippen LogP contribution is 2.26. The van der Waals surface area contributed by atoms with Gasteiger partial charge in [0.1, 0.15) is 5.03 Å². The van der Waals surface area contributed by atoms with Gasteiger partial charge >= 0.3 is 0 Å². The van der Waals surface area contributed by atoms with Crippen molar-refractivity contribution in [3.63, 3.8) is 0 Å². The van der Waals surface area contributed by atoms with Gasteiger partial charge in [0.05, 0.1) is 5.69 Å². The molecule has 0 radical (unpaired) electrons. The van der Waals surface area contributed by atoms with Crippen LogP contribution in [0.2, 0.25) is 0 Å². The second-order valence-corrected chi connectivity index (χ2v) is 5.65. The minimum Gasteiger partial charge on any atom is -0.303 e. The summed E-state index contributed by atoms with van der Waals surface area (Å²) in [5.74, 6) is 0. The summed E-state index contributed by atoms with van der Waals surface area (Å²) >= 11 is 1.61. The molecule has 0 bridgehead atoms. The number of rotatable bonds is 2. The van der Waals surface area contributed by atoms with Crippen LogP contribution in [0.25, 0.3) is 27.7 Å². The summed E-state index contributed by atoms with van der Waals surface area (Å²) in [6.45, 7) is 0. The summed E-state index contributed by atoms with van der Waals surface area (Å²) in [5, 5.41) is 3.43. The minimum absolute atomic E-state index is 0.910. The minimum atomic E-state index is 0.910. The maximum atomic E-state index is 4.74. The van der Waals surface area contributed by atoms with Crippen molar-refractivity contribution in [1.29, 1.82) is 0 Å². The van der Waals surface area contributed by atoms with Crippen LogP contribution in [0.3, 0.4) is 0 Å². The van der Waals surface area contributed by atoms with Gasteiger partial charge in [-0.25, -0.2) is 9.97 Å². The standard InChI is InChI=1S/C17H13N3S/c1-21-17-16-19-15(11-20(16)9-8-18-17)14-7-6-12-4-2-3-5-13(12)10-14/h2-11H,1H3. The third kappa shape index (κ3) is 2.08. The van der Waals surface area contributed by atoms with Crippen LogP contribution in [0.15, 0.2) is 66.1 Å². The van der Waals surface area contributed by atoms with Gasteiger partial charge in [-0.1, -0.05) is 36.4 Å². The Morgan fingerprint density at radius 1 is 1.05 bits per heavy atom. The molecule has 0 atom stereocenters. The fourth-order valence-electron chi connectivity index (χ4n) is 2.53. The lowest BCUT2D eigenvalue weighted by Crippen LogP contribution is -1.87. The van der Waals surface area contributed by atoms with Crippen LogP contribution in [0.5, 0.6) is 0 Å². The van der Waals surface area contributed by atoms with Crippen molar-refractivity contribution in [1.82, 2.24) is 14.4 Å². The maximum absolute atomic E-state index is 4.74. The van der Waals surface area contributed by atoms with Gasteiger partial charge in [-0.3, -0.25) is 0 Å². The van der Waals surface area contributed by atoms with E-state index in [1.165, 1.54) is 10.8 Å². The molecule has 2 heterocycles. The Labute approximate surface area is 126 Å². The number of imidazole rings is 1. The first kappa shape index (κ1) is 12.4. The average Bonchev–Trinajstić information content (AvgIpc) is 2.98. The van der Waals surface area contributed by atoms with E-state index in [1.807, 2.05) is 23.1 Å². The van der Waals surface area contributed by atoms with Crippen LogP contribution >= 0.6 is 11.8 Å². The molecule has 0 saturated heterocycles. The predicted molar refractivity (Wildman–Crippen MR) is 87.7 cm³/mol. The van der Waals surface area contributed by atoms with Crippen LogP contribution in [0, 0.1) is 0 Å². The van der Waals surface area contributed by atoms with Crippen LogP contribution in [0.4, 0.5) is 0 Å². The number of hydrogen-bond donors (Lipinski definition) is 0. The van der Waals surface area contributed by atoms with Gasteiger partial charge < -0.3 is 4.40 Å². The van der Waals surface area contributed by atoms with Crippen molar-refractivity contribution < 1.29 is 0 Å². The lowest BCUT2D eigenvalue weighted by atomic mass is 10.1. The monoisotopic (exact) mass is 291 g/mol. The normalized spacial score (nSPS) is 11.3. The summed E-state index contributed by atoms with van der Waals surface area (Å²) in [5.41, 5.74) is 3.02. The van der Waals surface area contributed by atoms with E-state index in [2.05, 4.69) is 53.6 Å². The highest BCUT2D eigenvalue weighted by atomic mass is 32.2. The first-order valence-corrected chi connectivity index (χ1v) is 7.94. The highest BCUT2D eigenvalue weighted by Gasteiger charge is 2.08. The van der Waals surface area contributed by atoms with Crippen LogP contribution in [-0.4, -0.2) is 20.6 Å². The molecule has 0 N–H and O–H groups in total. The molecule has 3 nitrogen and oxygen atoms in total. The summed E-state index contributed by atoms with van der Waals surface area (Å²) in [4.78, 5) is 9.10. The predicted octanol–water partition coefficient (Wildman–Crippen LogP) is 4.27. The van der Waals surface area contributed by atoms with Crippen molar-refractivity contribution in [3.05, 3.63) is 61.1 Å². The molecular formula is C17H13N3S. The van der Waals surface area contributed by atoms with Gasteiger partial charge in [-0.15, -0.1) is 11.8 Å². The Morgan fingerprint density at radius 3 is 2.76 bits per heavy atom. The highest BCUT2D eigenvalue weighted by molar-refractivity contribution is 7.98. The molecule has 0 spiro atoms. The quantitative estimate of drug-likeness (QED) is 0.517. The van der Waals surface area contributed by atoms with Gasteiger partial charge in [0.25, 0.3) is 0 Å². The molecule has 0 aliphatic rings. The molecule has 21 heavy (non-hydrogen) atoms. The van der Waals surface area contributed by atoms with E-state index in [9.17, 15) is 0 Å². The van der Waals surface area contributed by atoms with Crippen LogP contribution in [0.1, 0.15) is 0 Å². The van der Waals surface area contributed by atoms with E-state index < -0.39 is 0 Å². The number of aromatic nitrogens is 3. The number of thioether (sulfide) groups is 1. The molecule has 2 aromatic heterocycles. The van der Waals surface area contributed by atoms with Gasteiger partial charge in [0, 0.05) is 24.2 Å². The first-order chi connectivity index (χ1) is 10.3. The number of hydrogen-bond acceptors (Lipinski definition) is 3. The molecule has 4 rings (SSSR count). The zero-order chi connectivity index (χ0) is 14.2. The lowest BCUT2D eigenvalue weighted by Gasteiger charge is -2.00. The molecule has 0 saturated carbocycles. The van der Waals surface area contributed by atoms with Crippen molar-refractivity contribution in [2.75, 3.05) is 6.26 Å². The van der Waals surface area contributed by atoms with E-state index >= 15 is 0 Å². The zero-order valence-electron chi connectivity index (χ0n) is 11.5. The number of nitrogens with zero attached hydrogens (tertiary/aromatic N) is 3. The van der Waals surface area contributed by atoms with Crippen molar-refractivity contribution >= 4 is 28.2 Å². The van der Waals surface area contributed by atoms with E-state index in [1.54, 1.807) is 11.8 Å². The Morgan fingerprint density at radius 2 is 1.90 bits per heavy atom. The van der Waals surface area contributed by atoms with Gasteiger partial charge in [-0.2, -0.15) is 0 Å². The first-order valence-electron chi connectivity index (χ1n) is 6.72. The molecule has 0 aliphatic heterocycles. The largest absolute Gasteiger partial charge is 0.303 e. The summed E-state index contributed by atoms with van der Waals surface area (Å²) < 4.78 is 2.03. The van der Waals surface area contributed by atoms with Gasteiger partial charge in [0.15, 0.2) is 5.65 Å². The third-order valence-corrected chi connectivity index (χ3v) is 4.26. The Hall–Kier alpha value is -2.33. The maximum Gasteiger partial charge on any atom is 0.170 e. The Kier molecular flexibility index (Phi) is 2.89. The Bertz CT molecular complexity index is 943. The molecule has 102 valence electrons. The second kappa shape index (κ2) is 4.90. The molecule has 0 amide bonds. The molecule has 0 unspecified atom stereocenters. The summed E-state index contributed by atoms with van der Waals surface area (Å²) in [6, 6.07) is 14.8. The Balaban J connectivity index is 1.91. The van der Waals surface area contributed by atoms with Crippen LogP contribution in [-0.2, 0) is 0 Å². The van der Waals surface area contributed by atoms with Gasteiger partial charge in [-0.05, 0) is 23.1 Å². The lowest BCUT2D eigenvalue weighted by molar-refractivity contribution is 1.04. The van der Waals surface area contributed by atoms with Crippen molar-refractivity contribution in [2.45, 2.75) is 5.03 Å². The van der Waals surface area contributed by atoms with Crippen LogP contribution < -0.4 is 0 Å².